The summed E-state index contributed by atoms with van der Waals surface area (Å²) in [5.41, 5.74) is 3.46. The molecule has 7 nitrogen and oxygen atoms in total. The Bertz CT molecular complexity index is 1240. The van der Waals surface area contributed by atoms with Gasteiger partial charge in [0.2, 0.25) is 0 Å². The van der Waals surface area contributed by atoms with E-state index in [4.69, 9.17) is 0 Å². The van der Waals surface area contributed by atoms with Crippen molar-refractivity contribution in [2.45, 2.75) is 26.1 Å². The number of carbonyl (C=O) groups excluding carboxylic acids is 1. The second-order valence-corrected chi connectivity index (χ2v) is 8.44. The highest BCUT2D eigenvalue weighted by molar-refractivity contribution is 7.12. The quantitative estimate of drug-likeness (QED) is 0.497. The van der Waals surface area contributed by atoms with Crippen LogP contribution in [0.25, 0.3) is 28.0 Å². The molecule has 0 aliphatic carbocycles. The molecule has 0 saturated carbocycles. The van der Waals surface area contributed by atoms with Crippen LogP contribution in [0.15, 0.2) is 42.6 Å². The molecule has 1 amide bonds. The first-order valence-corrected chi connectivity index (χ1v) is 10.3. The first-order valence-electron chi connectivity index (χ1n) is 9.41. The molecule has 0 aromatic carbocycles. The van der Waals surface area contributed by atoms with E-state index in [-0.39, 0.29) is 4.88 Å². The fourth-order valence-electron chi connectivity index (χ4n) is 3.21. The number of fused-ring (bicyclic) bond motifs is 1. The second-order valence-electron chi connectivity index (χ2n) is 7.53. The molecular formula is C20H19F3N6OS. The SMILES string of the molecule is CC(C)[C@@H](NC(=O)c1cc(-c2cnn3cc(-c4cn(C)cn4)cnc23)cs1)C(F)(F)F. The van der Waals surface area contributed by atoms with Gasteiger partial charge in [0.05, 0.1) is 23.1 Å². The van der Waals surface area contributed by atoms with Gasteiger partial charge >= 0.3 is 6.18 Å². The van der Waals surface area contributed by atoms with Crippen LogP contribution in [0, 0.1) is 5.92 Å². The molecule has 4 aromatic heterocycles. The Balaban J connectivity index is 1.59. The Labute approximate surface area is 179 Å². The smallest absolute Gasteiger partial charge is 0.340 e. The zero-order chi connectivity index (χ0) is 22.3. The summed E-state index contributed by atoms with van der Waals surface area (Å²) in [5, 5.41) is 8.12. The van der Waals surface area contributed by atoms with Gasteiger partial charge in [-0.05, 0) is 22.9 Å². The molecule has 11 heteroatoms. The number of carbonyl (C=O) groups is 1. The fourth-order valence-corrected chi connectivity index (χ4v) is 4.02. The third-order valence-electron chi connectivity index (χ3n) is 4.80. The van der Waals surface area contributed by atoms with Gasteiger partial charge in [0, 0.05) is 36.8 Å². The maximum absolute atomic E-state index is 13.2. The molecule has 0 aliphatic heterocycles. The van der Waals surface area contributed by atoms with Gasteiger partial charge in [-0.1, -0.05) is 13.8 Å². The summed E-state index contributed by atoms with van der Waals surface area (Å²) in [6.07, 6.45) is 4.13. The number of halogens is 3. The number of rotatable bonds is 5. The third kappa shape index (κ3) is 4.18. The molecule has 0 saturated heterocycles. The maximum atomic E-state index is 13.2. The standard InChI is InChI=1S/C20H19F3N6OS/c1-11(2)17(20(21,22)23)27-19(30)16-4-12(9-31-16)14-6-26-29-7-13(5-24-18(14)29)15-8-28(3)10-25-15/h4-11,17H,1-3H3,(H,27,30)/t17-/m1/s1. The summed E-state index contributed by atoms with van der Waals surface area (Å²) in [5.74, 6) is -1.53. The summed E-state index contributed by atoms with van der Waals surface area (Å²) in [6, 6.07) is -0.353. The number of aromatic nitrogens is 5. The van der Waals surface area contributed by atoms with Crippen molar-refractivity contribution >= 4 is 22.9 Å². The highest BCUT2D eigenvalue weighted by Gasteiger charge is 2.42. The Kier molecular flexibility index (Phi) is 5.29. The molecular weight excluding hydrogens is 429 g/mol. The van der Waals surface area contributed by atoms with Crippen LogP contribution >= 0.6 is 11.3 Å². The van der Waals surface area contributed by atoms with Crippen molar-refractivity contribution in [3.8, 4) is 22.4 Å². The molecule has 0 radical (unpaired) electrons. The number of nitrogens with zero attached hydrogens (tertiary/aromatic N) is 5. The minimum Gasteiger partial charge on any atom is -0.340 e. The predicted octanol–water partition coefficient (Wildman–Crippen LogP) is 4.18. The monoisotopic (exact) mass is 448 g/mol. The zero-order valence-corrected chi connectivity index (χ0v) is 17.7. The molecule has 0 unspecified atom stereocenters. The summed E-state index contributed by atoms with van der Waals surface area (Å²) in [4.78, 5) is 21.4. The van der Waals surface area contributed by atoms with E-state index < -0.39 is 24.0 Å². The lowest BCUT2D eigenvalue weighted by Crippen LogP contribution is -2.48. The van der Waals surface area contributed by atoms with Crippen LogP contribution < -0.4 is 5.32 Å². The normalized spacial score (nSPS) is 13.1. The van der Waals surface area contributed by atoms with Crippen LogP contribution in [0.4, 0.5) is 13.2 Å². The Morgan fingerprint density at radius 1 is 1.16 bits per heavy atom. The Hall–Kier alpha value is -3.21. The van der Waals surface area contributed by atoms with E-state index in [0.717, 1.165) is 22.6 Å². The first-order chi connectivity index (χ1) is 14.6. The molecule has 4 aromatic rings. The minimum absolute atomic E-state index is 0.189. The van der Waals surface area contributed by atoms with Gasteiger partial charge in [0.1, 0.15) is 6.04 Å². The van der Waals surface area contributed by atoms with E-state index in [9.17, 15) is 18.0 Å². The van der Waals surface area contributed by atoms with Crippen LogP contribution in [-0.2, 0) is 7.05 Å². The molecule has 1 N–H and O–H groups in total. The predicted molar refractivity (Wildman–Crippen MR) is 111 cm³/mol. The fraction of sp³-hybridized carbons (Fsp3) is 0.300. The lowest BCUT2D eigenvalue weighted by atomic mass is 10.0. The molecule has 4 heterocycles. The molecule has 0 spiro atoms. The van der Waals surface area contributed by atoms with Gasteiger partial charge in [-0.2, -0.15) is 18.3 Å². The second kappa shape index (κ2) is 7.80. The minimum atomic E-state index is -4.51. The van der Waals surface area contributed by atoms with E-state index in [1.54, 1.807) is 40.9 Å². The van der Waals surface area contributed by atoms with E-state index in [2.05, 4.69) is 20.4 Å². The van der Waals surface area contributed by atoms with Crippen molar-refractivity contribution in [2.75, 3.05) is 0 Å². The number of aryl methyl sites for hydroxylation is 1. The van der Waals surface area contributed by atoms with Gasteiger partial charge in [-0.3, -0.25) is 4.79 Å². The summed E-state index contributed by atoms with van der Waals surface area (Å²) in [7, 11) is 1.87. The number of thiophene rings is 1. The summed E-state index contributed by atoms with van der Waals surface area (Å²) in [6.45, 7) is 2.84. The van der Waals surface area contributed by atoms with Crippen LogP contribution in [0.5, 0.6) is 0 Å². The van der Waals surface area contributed by atoms with Crippen molar-refractivity contribution in [1.82, 2.24) is 29.5 Å². The highest BCUT2D eigenvalue weighted by atomic mass is 32.1. The van der Waals surface area contributed by atoms with E-state index in [1.165, 1.54) is 13.8 Å². The summed E-state index contributed by atoms with van der Waals surface area (Å²) < 4.78 is 42.9. The lowest BCUT2D eigenvalue weighted by molar-refractivity contribution is -0.162. The number of nitrogens with one attached hydrogen (secondary N) is 1. The molecule has 0 fully saturated rings. The van der Waals surface area contributed by atoms with Crippen molar-refractivity contribution in [3.05, 3.63) is 47.4 Å². The van der Waals surface area contributed by atoms with Gasteiger partial charge in [0.15, 0.2) is 5.65 Å². The molecule has 0 aliphatic rings. The summed E-state index contributed by atoms with van der Waals surface area (Å²) >= 11 is 1.07. The average Bonchev–Trinajstić information content (AvgIpc) is 3.42. The van der Waals surface area contributed by atoms with Crippen LogP contribution in [0.1, 0.15) is 23.5 Å². The molecule has 31 heavy (non-hydrogen) atoms. The van der Waals surface area contributed by atoms with Gasteiger partial charge < -0.3 is 9.88 Å². The lowest BCUT2D eigenvalue weighted by Gasteiger charge is -2.24. The van der Waals surface area contributed by atoms with E-state index in [1.807, 2.05) is 17.8 Å². The zero-order valence-electron chi connectivity index (χ0n) is 16.9. The van der Waals surface area contributed by atoms with Crippen molar-refractivity contribution in [2.24, 2.45) is 13.0 Å². The topological polar surface area (TPSA) is 77.1 Å². The number of amides is 1. The van der Waals surface area contributed by atoms with Crippen molar-refractivity contribution in [1.29, 1.82) is 0 Å². The van der Waals surface area contributed by atoms with Crippen LogP contribution in [0.2, 0.25) is 0 Å². The van der Waals surface area contributed by atoms with E-state index in [0.29, 0.717) is 16.8 Å². The van der Waals surface area contributed by atoms with E-state index >= 15 is 0 Å². The average molecular weight is 448 g/mol. The highest BCUT2D eigenvalue weighted by Crippen LogP contribution is 2.30. The molecule has 4 rings (SSSR count). The molecule has 162 valence electrons. The van der Waals surface area contributed by atoms with Crippen molar-refractivity contribution < 1.29 is 18.0 Å². The van der Waals surface area contributed by atoms with Gasteiger partial charge in [0.25, 0.3) is 5.91 Å². The maximum Gasteiger partial charge on any atom is 0.408 e. The third-order valence-corrected chi connectivity index (χ3v) is 5.73. The number of imidazole rings is 1. The molecule has 0 bridgehead atoms. The van der Waals surface area contributed by atoms with Gasteiger partial charge in [-0.15, -0.1) is 11.3 Å². The Morgan fingerprint density at radius 3 is 2.58 bits per heavy atom. The van der Waals surface area contributed by atoms with Gasteiger partial charge in [-0.25, -0.2) is 14.5 Å². The largest absolute Gasteiger partial charge is 0.408 e. The number of alkyl halides is 3. The van der Waals surface area contributed by atoms with Crippen molar-refractivity contribution in [3.63, 3.8) is 0 Å². The number of hydrogen-bond donors (Lipinski definition) is 1. The number of hydrogen-bond acceptors (Lipinski definition) is 5. The van der Waals surface area contributed by atoms with Crippen LogP contribution in [-0.4, -0.2) is 42.3 Å². The molecule has 1 atom stereocenters. The first kappa shape index (κ1) is 21.0. The van der Waals surface area contributed by atoms with Crippen LogP contribution in [0.3, 0.4) is 0 Å². The Morgan fingerprint density at radius 2 is 1.94 bits per heavy atom.